The molecule has 1 unspecified atom stereocenters. The molecule has 0 radical (unpaired) electrons. The van der Waals surface area contributed by atoms with E-state index in [0.29, 0.717) is 11.9 Å². The van der Waals surface area contributed by atoms with Crippen LogP contribution < -0.4 is 0 Å². The van der Waals surface area contributed by atoms with E-state index in [2.05, 4.69) is 29.2 Å². The van der Waals surface area contributed by atoms with Crippen molar-refractivity contribution in [2.75, 3.05) is 13.2 Å². The number of nitrogens with zero attached hydrogens (tertiary/aromatic N) is 1. The highest BCUT2D eigenvalue weighted by Gasteiger charge is 2.25. The van der Waals surface area contributed by atoms with Crippen molar-refractivity contribution < 1.29 is 9.84 Å². The average molecular weight is 269 g/mol. The lowest BCUT2D eigenvalue weighted by Gasteiger charge is -2.22. The molecule has 1 aliphatic rings. The molecule has 1 aliphatic heterocycles. The second kappa shape index (κ2) is 6.07. The van der Waals surface area contributed by atoms with Crippen molar-refractivity contribution in [3.8, 4) is 5.75 Å². The van der Waals surface area contributed by atoms with Gasteiger partial charge < -0.3 is 9.84 Å². The maximum Gasteiger partial charge on any atom is 0.120 e. The molecule has 1 atom stereocenters. The summed E-state index contributed by atoms with van der Waals surface area (Å²) in [5.41, 5.74) is 2.24. The van der Waals surface area contributed by atoms with Crippen LogP contribution in [0.3, 0.4) is 0 Å². The Kier molecular flexibility index (Phi) is 4.00. The zero-order chi connectivity index (χ0) is 13.8. The lowest BCUT2D eigenvalue weighted by molar-refractivity contribution is 0.224. The lowest BCUT2D eigenvalue weighted by Crippen LogP contribution is -2.27. The van der Waals surface area contributed by atoms with E-state index in [0.717, 1.165) is 31.8 Å². The first kappa shape index (κ1) is 13.2. The molecule has 0 saturated carbocycles. The van der Waals surface area contributed by atoms with E-state index in [1.165, 1.54) is 5.56 Å². The standard InChI is InChI=1S/C17H19NO2/c19-17-9-5-4-8-15(17)11-18(12-16-13-20-16)10-14-6-2-1-3-7-14/h1-9,16,19H,10-13H2. The summed E-state index contributed by atoms with van der Waals surface area (Å²) in [7, 11) is 0. The summed E-state index contributed by atoms with van der Waals surface area (Å²) in [4.78, 5) is 2.32. The fourth-order valence-corrected chi connectivity index (χ4v) is 2.37. The number of benzene rings is 2. The highest BCUT2D eigenvalue weighted by atomic mass is 16.6. The number of aromatic hydroxyl groups is 1. The third-order valence-electron chi connectivity index (χ3n) is 3.50. The fourth-order valence-electron chi connectivity index (χ4n) is 2.37. The van der Waals surface area contributed by atoms with Crippen LogP contribution in [0.2, 0.25) is 0 Å². The Morgan fingerprint density at radius 3 is 2.40 bits per heavy atom. The van der Waals surface area contributed by atoms with Gasteiger partial charge in [0.2, 0.25) is 0 Å². The zero-order valence-corrected chi connectivity index (χ0v) is 11.4. The highest BCUT2D eigenvalue weighted by molar-refractivity contribution is 5.31. The Morgan fingerprint density at radius 1 is 1.00 bits per heavy atom. The molecule has 0 spiro atoms. The number of phenols is 1. The molecule has 0 aromatic heterocycles. The molecule has 1 N–H and O–H groups in total. The average Bonchev–Trinajstić information content (AvgIpc) is 3.26. The Hall–Kier alpha value is -1.84. The van der Waals surface area contributed by atoms with Gasteiger partial charge in [-0.1, -0.05) is 48.5 Å². The molecule has 3 heteroatoms. The van der Waals surface area contributed by atoms with Crippen molar-refractivity contribution in [3.63, 3.8) is 0 Å². The van der Waals surface area contributed by atoms with Crippen molar-refractivity contribution in [2.24, 2.45) is 0 Å². The van der Waals surface area contributed by atoms with Gasteiger partial charge >= 0.3 is 0 Å². The van der Waals surface area contributed by atoms with Crippen LogP contribution in [0.4, 0.5) is 0 Å². The van der Waals surface area contributed by atoms with E-state index in [9.17, 15) is 5.11 Å². The first-order valence-electron chi connectivity index (χ1n) is 6.96. The molecule has 3 rings (SSSR count). The van der Waals surface area contributed by atoms with Crippen LogP contribution in [-0.4, -0.2) is 29.3 Å². The first-order chi connectivity index (χ1) is 9.81. The Balaban J connectivity index is 1.71. The summed E-state index contributed by atoms with van der Waals surface area (Å²) in [6, 6.07) is 17.9. The van der Waals surface area contributed by atoms with E-state index in [1.54, 1.807) is 6.07 Å². The van der Waals surface area contributed by atoms with Crippen LogP contribution in [0.25, 0.3) is 0 Å². The van der Waals surface area contributed by atoms with Gasteiger partial charge in [0.25, 0.3) is 0 Å². The molecule has 1 heterocycles. The summed E-state index contributed by atoms with van der Waals surface area (Å²) in [6.07, 6.45) is 0.351. The van der Waals surface area contributed by atoms with Crippen LogP contribution >= 0.6 is 0 Å². The molecule has 1 fully saturated rings. The number of rotatable bonds is 6. The Morgan fingerprint density at radius 2 is 1.70 bits per heavy atom. The summed E-state index contributed by atoms with van der Waals surface area (Å²) in [6.45, 7) is 3.37. The van der Waals surface area contributed by atoms with Gasteiger partial charge in [0.1, 0.15) is 5.75 Å². The van der Waals surface area contributed by atoms with E-state index in [-0.39, 0.29) is 0 Å². The van der Waals surface area contributed by atoms with Gasteiger partial charge in [0.05, 0.1) is 12.7 Å². The largest absolute Gasteiger partial charge is 0.508 e. The number of ether oxygens (including phenoxy) is 1. The van der Waals surface area contributed by atoms with Crippen LogP contribution in [-0.2, 0) is 17.8 Å². The van der Waals surface area contributed by atoms with Crippen LogP contribution in [0, 0.1) is 0 Å². The van der Waals surface area contributed by atoms with E-state index < -0.39 is 0 Å². The monoisotopic (exact) mass is 269 g/mol. The fraction of sp³-hybridized carbons (Fsp3) is 0.294. The summed E-state index contributed by atoms with van der Waals surface area (Å²) in [5.74, 6) is 0.363. The minimum atomic E-state index is 0.351. The quantitative estimate of drug-likeness (QED) is 0.819. The highest BCUT2D eigenvalue weighted by Crippen LogP contribution is 2.21. The van der Waals surface area contributed by atoms with Gasteiger partial charge in [-0.2, -0.15) is 0 Å². The molecule has 3 nitrogen and oxygen atoms in total. The number of para-hydroxylation sites is 1. The van der Waals surface area contributed by atoms with E-state index in [1.807, 2.05) is 24.3 Å². The van der Waals surface area contributed by atoms with Crippen LogP contribution in [0.5, 0.6) is 5.75 Å². The second-order valence-electron chi connectivity index (χ2n) is 5.24. The van der Waals surface area contributed by atoms with Crippen molar-refractivity contribution >= 4 is 0 Å². The third-order valence-corrected chi connectivity index (χ3v) is 3.50. The predicted octanol–water partition coefficient (Wildman–Crippen LogP) is 2.79. The molecular formula is C17H19NO2. The van der Waals surface area contributed by atoms with Gasteiger partial charge in [-0.3, -0.25) is 4.90 Å². The molecule has 0 bridgehead atoms. The van der Waals surface area contributed by atoms with Crippen molar-refractivity contribution in [2.45, 2.75) is 19.2 Å². The first-order valence-corrected chi connectivity index (χ1v) is 6.96. The smallest absolute Gasteiger partial charge is 0.120 e. The second-order valence-corrected chi connectivity index (χ2v) is 5.24. The molecule has 2 aromatic rings. The van der Waals surface area contributed by atoms with Crippen LogP contribution in [0.1, 0.15) is 11.1 Å². The summed E-state index contributed by atoms with van der Waals surface area (Å²) < 4.78 is 5.34. The van der Waals surface area contributed by atoms with E-state index >= 15 is 0 Å². The van der Waals surface area contributed by atoms with E-state index in [4.69, 9.17) is 4.74 Å². The SMILES string of the molecule is Oc1ccccc1CN(Cc1ccccc1)CC1CO1. The summed E-state index contributed by atoms with van der Waals surface area (Å²) >= 11 is 0. The maximum atomic E-state index is 9.92. The number of hydrogen-bond acceptors (Lipinski definition) is 3. The Bertz CT molecular complexity index is 552. The van der Waals surface area contributed by atoms with Crippen molar-refractivity contribution in [1.82, 2.24) is 4.90 Å². The molecule has 1 saturated heterocycles. The van der Waals surface area contributed by atoms with Crippen molar-refractivity contribution in [1.29, 1.82) is 0 Å². The molecule has 20 heavy (non-hydrogen) atoms. The Labute approximate surface area is 119 Å². The predicted molar refractivity (Wildman–Crippen MR) is 78.4 cm³/mol. The van der Waals surface area contributed by atoms with Crippen LogP contribution in [0.15, 0.2) is 54.6 Å². The molecule has 0 aliphatic carbocycles. The van der Waals surface area contributed by atoms with Crippen molar-refractivity contribution in [3.05, 3.63) is 65.7 Å². The normalized spacial score (nSPS) is 17.4. The molecule has 2 aromatic carbocycles. The third kappa shape index (κ3) is 3.59. The minimum Gasteiger partial charge on any atom is -0.508 e. The number of epoxide rings is 1. The topological polar surface area (TPSA) is 36.0 Å². The lowest BCUT2D eigenvalue weighted by atomic mass is 10.1. The van der Waals surface area contributed by atoms with Gasteiger partial charge in [0, 0.05) is 25.2 Å². The number of hydrogen-bond donors (Lipinski definition) is 1. The minimum absolute atomic E-state index is 0.351. The van der Waals surface area contributed by atoms with Gasteiger partial charge in [-0.15, -0.1) is 0 Å². The maximum absolute atomic E-state index is 9.92. The molecule has 104 valence electrons. The van der Waals surface area contributed by atoms with Gasteiger partial charge in [-0.05, 0) is 11.6 Å². The zero-order valence-electron chi connectivity index (χ0n) is 11.4. The summed E-state index contributed by atoms with van der Waals surface area (Å²) in [5, 5.41) is 9.92. The molecule has 0 amide bonds. The number of phenolic OH excluding ortho intramolecular Hbond substituents is 1. The van der Waals surface area contributed by atoms with Gasteiger partial charge in [-0.25, -0.2) is 0 Å². The van der Waals surface area contributed by atoms with Gasteiger partial charge in [0.15, 0.2) is 0 Å². The molecular weight excluding hydrogens is 250 g/mol.